The first-order valence-electron chi connectivity index (χ1n) is 4.59. The Morgan fingerprint density at radius 3 is 2.50 bits per heavy atom. The van der Waals surface area contributed by atoms with Crippen LogP contribution in [0.25, 0.3) is 0 Å². The van der Waals surface area contributed by atoms with Crippen LogP contribution in [-0.2, 0) is 4.74 Å². The minimum Gasteiger partial charge on any atom is -0.478 e. The van der Waals surface area contributed by atoms with Crippen LogP contribution in [0, 0.1) is 5.92 Å². The predicted octanol–water partition coefficient (Wildman–Crippen LogP) is 1.70. The molecule has 1 aliphatic rings. The average Bonchev–Trinajstić information content (AvgIpc) is 2.04. The lowest BCUT2D eigenvalue weighted by atomic mass is 10.2. The molecule has 3 nitrogen and oxygen atoms in total. The highest BCUT2D eigenvalue weighted by molar-refractivity contribution is 5.78. The molecule has 1 aliphatic heterocycles. The third-order valence-electron chi connectivity index (χ3n) is 1.89. The summed E-state index contributed by atoms with van der Waals surface area (Å²) in [5.74, 6) is 1.27. The highest BCUT2D eigenvalue weighted by Crippen LogP contribution is 2.09. The van der Waals surface area contributed by atoms with Gasteiger partial charge in [0.2, 0.25) is 5.90 Å². The zero-order valence-corrected chi connectivity index (χ0v) is 8.37. The Labute approximate surface area is 74.4 Å². The first kappa shape index (κ1) is 9.36. The zero-order chi connectivity index (χ0) is 9.14. The fraction of sp³-hybridized carbons (Fsp3) is 0.889. The molecule has 0 spiro atoms. The number of ether oxygens (including phenoxy) is 1. The monoisotopic (exact) mass is 170 g/mol. The first-order chi connectivity index (χ1) is 5.61. The lowest BCUT2D eigenvalue weighted by Gasteiger charge is -2.29. The molecule has 0 saturated heterocycles. The van der Waals surface area contributed by atoms with Crippen molar-refractivity contribution in [3.8, 4) is 0 Å². The summed E-state index contributed by atoms with van der Waals surface area (Å²) in [6.07, 6.45) is 0. The van der Waals surface area contributed by atoms with Crippen LogP contribution in [0.2, 0.25) is 0 Å². The van der Waals surface area contributed by atoms with Crippen LogP contribution in [0.1, 0.15) is 27.7 Å². The summed E-state index contributed by atoms with van der Waals surface area (Å²) in [4.78, 5) is 0. The lowest BCUT2D eigenvalue weighted by Crippen LogP contribution is -2.36. The maximum absolute atomic E-state index is 5.43. The molecular formula is C9H18N2O. The van der Waals surface area contributed by atoms with Gasteiger partial charge in [-0.3, -0.25) is 5.01 Å². The van der Waals surface area contributed by atoms with Gasteiger partial charge in [-0.05, 0) is 13.8 Å². The van der Waals surface area contributed by atoms with Crippen molar-refractivity contribution in [2.75, 3.05) is 13.2 Å². The topological polar surface area (TPSA) is 24.8 Å². The molecule has 0 saturated carbocycles. The van der Waals surface area contributed by atoms with Crippen LogP contribution in [0.15, 0.2) is 5.10 Å². The number of hydrogen-bond donors (Lipinski definition) is 0. The van der Waals surface area contributed by atoms with Crippen molar-refractivity contribution in [3.63, 3.8) is 0 Å². The Morgan fingerprint density at radius 2 is 2.00 bits per heavy atom. The number of rotatable bonds is 2. The first-order valence-corrected chi connectivity index (χ1v) is 4.59. The largest absolute Gasteiger partial charge is 0.478 e. The van der Waals surface area contributed by atoms with Gasteiger partial charge in [0, 0.05) is 12.0 Å². The van der Waals surface area contributed by atoms with Crippen molar-refractivity contribution < 1.29 is 4.74 Å². The van der Waals surface area contributed by atoms with Crippen LogP contribution in [0.4, 0.5) is 0 Å². The molecule has 0 N–H and O–H groups in total. The highest BCUT2D eigenvalue weighted by Gasteiger charge is 2.17. The molecule has 12 heavy (non-hydrogen) atoms. The molecule has 0 aromatic carbocycles. The van der Waals surface area contributed by atoms with Crippen molar-refractivity contribution in [2.45, 2.75) is 33.7 Å². The van der Waals surface area contributed by atoms with E-state index in [1.54, 1.807) is 0 Å². The van der Waals surface area contributed by atoms with Gasteiger partial charge >= 0.3 is 0 Å². The maximum atomic E-state index is 5.43. The van der Waals surface area contributed by atoms with E-state index in [4.69, 9.17) is 4.74 Å². The van der Waals surface area contributed by atoms with E-state index < -0.39 is 0 Å². The normalized spacial score (nSPS) is 18.2. The molecule has 0 fully saturated rings. The van der Waals surface area contributed by atoms with E-state index in [0.29, 0.717) is 12.0 Å². The highest BCUT2D eigenvalue weighted by atomic mass is 16.5. The molecule has 0 aromatic heterocycles. The van der Waals surface area contributed by atoms with Crippen molar-refractivity contribution in [2.24, 2.45) is 11.0 Å². The molecule has 3 heteroatoms. The Kier molecular flexibility index (Phi) is 2.95. The van der Waals surface area contributed by atoms with E-state index in [0.717, 1.165) is 19.0 Å². The standard InChI is InChI=1S/C9H18N2O/c1-7(2)9-10-11(8(3)4)5-6-12-9/h7-8H,5-6H2,1-4H3. The molecule has 0 atom stereocenters. The quantitative estimate of drug-likeness (QED) is 0.630. The molecule has 0 unspecified atom stereocenters. The molecule has 0 bridgehead atoms. The van der Waals surface area contributed by atoms with Gasteiger partial charge in [0.05, 0.1) is 6.54 Å². The molecule has 1 heterocycles. The third kappa shape index (κ3) is 2.13. The fourth-order valence-corrected chi connectivity index (χ4v) is 1.11. The Balaban J connectivity index is 2.63. The van der Waals surface area contributed by atoms with Gasteiger partial charge in [-0.2, -0.15) is 0 Å². The summed E-state index contributed by atoms with van der Waals surface area (Å²) in [5.41, 5.74) is 0. The summed E-state index contributed by atoms with van der Waals surface area (Å²) in [7, 11) is 0. The van der Waals surface area contributed by atoms with Gasteiger partial charge in [0.1, 0.15) is 6.61 Å². The van der Waals surface area contributed by atoms with Crippen molar-refractivity contribution in [3.05, 3.63) is 0 Å². The average molecular weight is 170 g/mol. The van der Waals surface area contributed by atoms with Crippen molar-refractivity contribution in [1.82, 2.24) is 5.01 Å². The van der Waals surface area contributed by atoms with Gasteiger partial charge in [-0.15, -0.1) is 5.10 Å². The van der Waals surface area contributed by atoms with Crippen molar-refractivity contribution in [1.29, 1.82) is 0 Å². The second kappa shape index (κ2) is 3.78. The van der Waals surface area contributed by atoms with Crippen LogP contribution in [-0.4, -0.2) is 30.1 Å². The predicted molar refractivity (Wildman–Crippen MR) is 50.1 cm³/mol. The lowest BCUT2D eigenvalue weighted by molar-refractivity contribution is 0.130. The van der Waals surface area contributed by atoms with Crippen LogP contribution >= 0.6 is 0 Å². The SMILES string of the molecule is CC(C)C1=NN(C(C)C)CCO1. The summed E-state index contributed by atoms with van der Waals surface area (Å²) >= 11 is 0. The second-order valence-corrected chi connectivity index (χ2v) is 3.70. The van der Waals surface area contributed by atoms with E-state index in [2.05, 4.69) is 37.8 Å². The van der Waals surface area contributed by atoms with E-state index in [9.17, 15) is 0 Å². The Bertz CT molecular complexity index is 175. The van der Waals surface area contributed by atoms with Crippen LogP contribution in [0.5, 0.6) is 0 Å². The number of nitrogens with zero attached hydrogens (tertiary/aromatic N) is 2. The number of hydrazone groups is 1. The molecule has 70 valence electrons. The van der Waals surface area contributed by atoms with Gasteiger partial charge in [-0.25, -0.2) is 0 Å². The molecular weight excluding hydrogens is 152 g/mol. The maximum Gasteiger partial charge on any atom is 0.208 e. The fourth-order valence-electron chi connectivity index (χ4n) is 1.11. The third-order valence-corrected chi connectivity index (χ3v) is 1.89. The van der Waals surface area contributed by atoms with E-state index in [-0.39, 0.29) is 0 Å². The van der Waals surface area contributed by atoms with Gasteiger partial charge in [0.25, 0.3) is 0 Å². The Morgan fingerprint density at radius 1 is 1.33 bits per heavy atom. The van der Waals surface area contributed by atoms with E-state index in [1.807, 2.05) is 0 Å². The van der Waals surface area contributed by atoms with E-state index >= 15 is 0 Å². The van der Waals surface area contributed by atoms with Crippen LogP contribution < -0.4 is 0 Å². The molecule has 1 rings (SSSR count). The summed E-state index contributed by atoms with van der Waals surface area (Å²) < 4.78 is 5.43. The summed E-state index contributed by atoms with van der Waals surface area (Å²) in [5, 5.41) is 6.49. The smallest absolute Gasteiger partial charge is 0.208 e. The van der Waals surface area contributed by atoms with Crippen LogP contribution in [0.3, 0.4) is 0 Å². The second-order valence-electron chi connectivity index (χ2n) is 3.70. The molecule has 0 aliphatic carbocycles. The minimum absolute atomic E-state index is 0.395. The minimum atomic E-state index is 0.395. The molecule has 0 radical (unpaired) electrons. The van der Waals surface area contributed by atoms with Gasteiger partial charge < -0.3 is 4.74 Å². The molecule has 0 amide bonds. The van der Waals surface area contributed by atoms with Gasteiger partial charge in [0.15, 0.2) is 0 Å². The summed E-state index contributed by atoms with van der Waals surface area (Å²) in [6, 6.07) is 0.475. The van der Waals surface area contributed by atoms with Gasteiger partial charge in [-0.1, -0.05) is 13.8 Å². The summed E-state index contributed by atoms with van der Waals surface area (Å²) in [6.45, 7) is 10.2. The van der Waals surface area contributed by atoms with Crippen molar-refractivity contribution >= 4 is 5.90 Å². The Hall–Kier alpha value is -0.730. The zero-order valence-electron chi connectivity index (χ0n) is 8.37. The molecule has 0 aromatic rings. The van der Waals surface area contributed by atoms with E-state index in [1.165, 1.54) is 0 Å². The number of hydrogen-bond acceptors (Lipinski definition) is 3.